The Morgan fingerprint density at radius 1 is 1.53 bits per heavy atom. The van der Waals surface area contributed by atoms with Crippen molar-refractivity contribution >= 4 is 28.5 Å². The lowest BCUT2D eigenvalue weighted by atomic mass is 10.0. The van der Waals surface area contributed by atoms with Crippen LogP contribution in [0, 0.1) is 12.3 Å². The molecule has 1 N–H and O–H groups in total. The number of carbonyl (C=O) groups excluding carboxylic acids is 1. The minimum atomic E-state index is -0.0539. The third-order valence-corrected chi connectivity index (χ3v) is 4.06. The van der Waals surface area contributed by atoms with Crippen LogP contribution >= 0.6 is 11.8 Å². The molecule has 5 heteroatoms. The lowest BCUT2D eigenvalue weighted by Gasteiger charge is -2.23. The van der Waals surface area contributed by atoms with Crippen LogP contribution in [0.15, 0.2) is 18.2 Å². The summed E-state index contributed by atoms with van der Waals surface area (Å²) in [7, 11) is 1.67. The topological polar surface area (TPSA) is 53.4 Å². The van der Waals surface area contributed by atoms with Gasteiger partial charge in [-0.2, -0.15) is 0 Å². The Morgan fingerprint density at radius 3 is 2.79 bits per heavy atom. The van der Waals surface area contributed by atoms with Gasteiger partial charge in [-0.05, 0) is 25.0 Å². The van der Waals surface area contributed by atoms with E-state index >= 15 is 0 Å². The number of amidine groups is 1. The van der Waals surface area contributed by atoms with Crippen molar-refractivity contribution < 1.29 is 9.53 Å². The molecule has 0 spiro atoms. The van der Waals surface area contributed by atoms with E-state index in [-0.39, 0.29) is 12.0 Å². The summed E-state index contributed by atoms with van der Waals surface area (Å²) < 4.78 is 5.48. The number of thioether (sulfide) groups is 1. The summed E-state index contributed by atoms with van der Waals surface area (Å²) >= 11 is 1.27. The normalized spacial score (nSPS) is 17.1. The Kier molecular flexibility index (Phi) is 4.27. The van der Waals surface area contributed by atoms with Crippen molar-refractivity contribution in [1.29, 1.82) is 5.41 Å². The molecule has 4 nitrogen and oxygen atoms in total. The maximum absolute atomic E-state index is 12.0. The molecule has 1 aliphatic heterocycles. The van der Waals surface area contributed by atoms with Gasteiger partial charge in [0.05, 0.1) is 17.5 Å². The number of nitrogens with one attached hydrogen (secondary N) is 1. The Labute approximate surface area is 117 Å². The van der Waals surface area contributed by atoms with Crippen LogP contribution in [-0.2, 0) is 9.53 Å². The van der Waals surface area contributed by atoms with Crippen LogP contribution in [0.5, 0.6) is 0 Å². The molecule has 1 aliphatic rings. The predicted octanol–water partition coefficient (Wildman–Crippen LogP) is 3.11. The monoisotopic (exact) mass is 278 g/mol. The van der Waals surface area contributed by atoms with Gasteiger partial charge in [0.2, 0.25) is 5.91 Å². The highest BCUT2D eigenvalue weighted by atomic mass is 32.2. The van der Waals surface area contributed by atoms with Gasteiger partial charge >= 0.3 is 0 Å². The molecule has 1 saturated heterocycles. The quantitative estimate of drug-likeness (QED) is 0.920. The third kappa shape index (κ3) is 2.67. The van der Waals surface area contributed by atoms with E-state index in [2.05, 4.69) is 0 Å². The standard InChI is InChI=1S/C14H18N2O2S/c1-4-12(18-3)10-6-5-9(2)7-11(10)16-13(17)8-19-14(16)15/h5-7,12,15H,4,8H2,1-3H3. The van der Waals surface area contributed by atoms with Gasteiger partial charge in [-0.15, -0.1) is 0 Å². The summed E-state index contributed by atoms with van der Waals surface area (Å²) in [6, 6.07) is 5.96. The van der Waals surface area contributed by atoms with Gasteiger partial charge in [-0.3, -0.25) is 15.1 Å². The first-order chi connectivity index (χ1) is 9.08. The zero-order chi connectivity index (χ0) is 14.0. The van der Waals surface area contributed by atoms with E-state index in [1.54, 1.807) is 7.11 Å². The van der Waals surface area contributed by atoms with Crippen LogP contribution in [-0.4, -0.2) is 23.9 Å². The van der Waals surface area contributed by atoms with E-state index in [1.165, 1.54) is 16.7 Å². The molecule has 1 unspecified atom stereocenters. The first kappa shape index (κ1) is 14.1. The summed E-state index contributed by atoms with van der Waals surface area (Å²) in [5.74, 6) is 0.309. The number of ether oxygens (including phenoxy) is 1. The largest absolute Gasteiger partial charge is 0.377 e. The van der Waals surface area contributed by atoms with E-state index in [0.717, 1.165) is 23.2 Å². The second kappa shape index (κ2) is 5.75. The first-order valence-corrected chi connectivity index (χ1v) is 7.24. The van der Waals surface area contributed by atoms with Crippen LogP contribution in [0.2, 0.25) is 0 Å². The highest BCUT2D eigenvalue weighted by Gasteiger charge is 2.31. The second-order valence-electron chi connectivity index (χ2n) is 4.52. The Bertz CT molecular complexity index is 496. The number of rotatable bonds is 4. The number of hydrogen-bond acceptors (Lipinski definition) is 4. The van der Waals surface area contributed by atoms with Crippen molar-refractivity contribution in [2.24, 2.45) is 0 Å². The minimum Gasteiger partial charge on any atom is -0.377 e. The van der Waals surface area contributed by atoms with Crippen LogP contribution < -0.4 is 4.90 Å². The number of nitrogens with zero attached hydrogens (tertiary/aromatic N) is 1. The summed E-state index contributed by atoms with van der Waals surface area (Å²) in [5, 5.41) is 8.22. The zero-order valence-corrected chi connectivity index (χ0v) is 12.2. The molecule has 0 bridgehead atoms. The number of methoxy groups -OCH3 is 1. The smallest absolute Gasteiger partial charge is 0.243 e. The summed E-state index contributed by atoms with van der Waals surface area (Å²) in [6.07, 6.45) is 0.775. The van der Waals surface area contributed by atoms with E-state index in [9.17, 15) is 4.79 Å². The molecule has 1 fully saturated rings. The van der Waals surface area contributed by atoms with Crippen LogP contribution in [0.3, 0.4) is 0 Å². The van der Waals surface area contributed by atoms with E-state index in [1.807, 2.05) is 32.0 Å². The molecule has 1 aromatic carbocycles. The average molecular weight is 278 g/mol. The summed E-state index contributed by atoms with van der Waals surface area (Å²) in [4.78, 5) is 13.5. The van der Waals surface area contributed by atoms with E-state index in [0.29, 0.717) is 10.9 Å². The Hall–Kier alpha value is -1.33. The van der Waals surface area contributed by atoms with E-state index in [4.69, 9.17) is 10.1 Å². The van der Waals surface area contributed by atoms with Gasteiger partial charge in [0, 0.05) is 12.7 Å². The fourth-order valence-corrected chi connectivity index (χ4v) is 2.97. The Morgan fingerprint density at radius 2 is 2.26 bits per heavy atom. The lowest BCUT2D eigenvalue weighted by molar-refractivity contribution is -0.115. The minimum absolute atomic E-state index is 0.0344. The van der Waals surface area contributed by atoms with Crippen molar-refractivity contribution in [3.8, 4) is 0 Å². The fraction of sp³-hybridized carbons (Fsp3) is 0.429. The summed E-state index contributed by atoms with van der Waals surface area (Å²) in [5.41, 5.74) is 2.83. The molecule has 0 radical (unpaired) electrons. The van der Waals surface area contributed by atoms with Crippen molar-refractivity contribution in [2.75, 3.05) is 17.8 Å². The van der Waals surface area contributed by atoms with Crippen molar-refractivity contribution in [1.82, 2.24) is 0 Å². The molecule has 102 valence electrons. The van der Waals surface area contributed by atoms with Crippen LogP contribution in [0.4, 0.5) is 5.69 Å². The van der Waals surface area contributed by atoms with Crippen molar-refractivity contribution in [2.45, 2.75) is 26.4 Å². The number of benzene rings is 1. The molecular weight excluding hydrogens is 260 g/mol. The van der Waals surface area contributed by atoms with Gasteiger partial charge in [-0.25, -0.2) is 0 Å². The van der Waals surface area contributed by atoms with Gasteiger partial charge in [0.15, 0.2) is 5.17 Å². The van der Waals surface area contributed by atoms with Crippen LogP contribution in [0.1, 0.15) is 30.6 Å². The highest BCUT2D eigenvalue weighted by molar-refractivity contribution is 8.15. The second-order valence-corrected chi connectivity index (χ2v) is 5.48. The van der Waals surface area contributed by atoms with Gasteiger partial charge in [-0.1, -0.05) is 30.8 Å². The zero-order valence-electron chi connectivity index (χ0n) is 11.4. The van der Waals surface area contributed by atoms with Crippen LogP contribution in [0.25, 0.3) is 0 Å². The molecule has 1 aromatic rings. The number of amides is 1. The van der Waals surface area contributed by atoms with Gasteiger partial charge < -0.3 is 4.74 Å². The first-order valence-electron chi connectivity index (χ1n) is 6.26. The predicted molar refractivity (Wildman–Crippen MR) is 78.9 cm³/mol. The maximum atomic E-state index is 12.0. The highest BCUT2D eigenvalue weighted by Crippen LogP contribution is 2.35. The average Bonchev–Trinajstić information content (AvgIpc) is 2.72. The van der Waals surface area contributed by atoms with Gasteiger partial charge in [0.25, 0.3) is 0 Å². The van der Waals surface area contributed by atoms with Crippen molar-refractivity contribution in [3.63, 3.8) is 0 Å². The molecule has 2 rings (SSSR count). The molecular formula is C14H18N2O2S. The molecule has 19 heavy (non-hydrogen) atoms. The molecule has 1 amide bonds. The number of hydrogen-bond donors (Lipinski definition) is 1. The molecule has 1 atom stereocenters. The SMILES string of the molecule is CCC(OC)c1ccc(C)cc1N1C(=N)SCC1=O. The van der Waals surface area contributed by atoms with Crippen molar-refractivity contribution in [3.05, 3.63) is 29.3 Å². The number of aryl methyl sites for hydroxylation is 1. The molecule has 1 heterocycles. The Balaban J connectivity index is 2.51. The maximum Gasteiger partial charge on any atom is 0.243 e. The summed E-state index contributed by atoms with van der Waals surface area (Å²) in [6.45, 7) is 4.03. The lowest BCUT2D eigenvalue weighted by Crippen LogP contribution is -2.30. The van der Waals surface area contributed by atoms with E-state index < -0.39 is 0 Å². The fourth-order valence-electron chi connectivity index (χ4n) is 2.25. The number of carbonyl (C=O) groups is 1. The number of anilines is 1. The molecule has 0 aromatic heterocycles. The third-order valence-electron chi connectivity index (χ3n) is 3.21. The van der Waals surface area contributed by atoms with Gasteiger partial charge in [0.1, 0.15) is 0 Å². The molecule has 0 aliphatic carbocycles. The molecule has 0 saturated carbocycles.